The lowest BCUT2D eigenvalue weighted by Gasteiger charge is -2.08. The molecule has 1 aromatic carbocycles. The molecular formula is C15H17FN4O. The van der Waals surface area contributed by atoms with E-state index in [1.807, 2.05) is 6.92 Å². The lowest BCUT2D eigenvalue weighted by Crippen LogP contribution is -2.26. The summed E-state index contributed by atoms with van der Waals surface area (Å²) in [6.45, 7) is 2.30. The first-order valence-electron chi connectivity index (χ1n) is 6.56. The average molecular weight is 288 g/mol. The van der Waals surface area contributed by atoms with Crippen LogP contribution in [0.2, 0.25) is 0 Å². The number of pyridine rings is 1. The van der Waals surface area contributed by atoms with E-state index in [9.17, 15) is 9.18 Å². The molecule has 6 heteroatoms. The molecule has 2 rings (SSSR count). The molecule has 2 aromatic rings. The molecule has 0 fully saturated rings. The van der Waals surface area contributed by atoms with Gasteiger partial charge in [-0.2, -0.15) is 0 Å². The summed E-state index contributed by atoms with van der Waals surface area (Å²) >= 11 is 0. The fourth-order valence-corrected chi connectivity index (χ4v) is 1.99. The van der Waals surface area contributed by atoms with Crippen LogP contribution in [0.3, 0.4) is 0 Å². The summed E-state index contributed by atoms with van der Waals surface area (Å²) in [6.07, 6.45) is 2.14. The Morgan fingerprint density at radius 3 is 2.86 bits per heavy atom. The summed E-state index contributed by atoms with van der Waals surface area (Å²) in [4.78, 5) is 15.9. The molecule has 4 N–H and O–H groups in total. The van der Waals surface area contributed by atoms with E-state index in [-0.39, 0.29) is 11.7 Å². The highest BCUT2D eigenvalue weighted by Crippen LogP contribution is 2.10. The fourth-order valence-electron chi connectivity index (χ4n) is 1.99. The molecule has 0 aliphatic carbocycles. The van der Waals surface area contributed by atoms with Gasteiger partial charge in [0.25, 0.3) is 5.91 Å². The van der Waals surface area contributed by atoms with E-state index in [0.717, 1.165) is 11.1 Å². The van der Waals surface area contributed by atoms with Gasteiger partial charge in [-0.05, 0) is 48.7 Å². The van der Waals surface area contributed by atoms with E-state index in [0.29, 0.717) is 24.3 Å². The molecule has 1 amide bonds. The smallest absolute Gasteiger partial charge is 0.269 e. The van der Waals surface area contributed by atoms with E-state index in [2.05, 4.69) is 15.7 Å². The topological polar surface area (TPSA) is 80.0 Å². The minimum Gasteiger partial charge on any atom is -0.350 e. The zero-order valence-electron chi connectivity index (χ0n) is 11.7. The van der Waals surface area contributed by atoms with Crippen molar-refractivity contribution in [2.24, 2.45) is 5.84 Å². The summed E-state index contributed by atoms with van der Waals surface area (Å²) in [6, 6.07) is 7.86. The van der Waals surface area contributed by atoms with Gasteiger partial charge in [0.2, 0.25) is 0 Å². The number of carbonyl (C=O) groups excluding carboxylic acids is 1. The van der Waals surface area contributed by atoms with Crippen molar-refractivity contribution < 1.29 is 9.18 Å². The predicted molar refractivity (Wildman–Crippen MR) is 79.2 cm³/mol. The lowest BCUT2D eigenvalue weighted by molar-refractivity contribution is 0.0949. The molecule has 0 spiro atoms. The Labute approximate surface area is 122 Å². The highest BCUT2D eigenvalue weighted by Gasteiger charge is 2.07. The molecular weight excluding hydrogens is 271 g/mol. The first kappa shape index (κ1) is 14.9. The molecule has 0 unspecified atom stereocenters. The molecule has 0 atom stereocenters. The number of nitrogens with zero attached hydrogens (tertiary/aromatic N) is 1. The van der Waals surface area contributed by atoms with Crippen molar-refractivity contribution in [3.05, 3.63) is 59.2 Å². The molecule has 0 saturated heterocycles. The maximum absolute atomic E-state index is 13.0. The molecule has 0 bridgehead atoms. The van der Waals surface area contributed by atoms with Gasteiger partial charge in [-0.3, -0.25) is 15.6 Å². The van der Waals surface area contributed by atoms with Gasteiger partial charge in [-0.15, -0.1) is 0 Å². The first-order chi connectivity index (χ1) is 10.1. The number of anilines is 1. The number of nitrogen functional groups attached to an aromatic ring is 1. The fraction of sp³-hybridized carbons (Fsp3) is 0.200. The number of hydrogen-bond donors (Lipinski definition) is 3. The number of amides is 1. The van der Waals surface area contributed by atoms with Crippen LogP contribution in [-0.4, -0.2) is 17.4 Å². The number of hydrazine groups is 1. The van der Waals surface area contributed by atoms with Crippen molar-refractivity contribution >= 4 is 11.6 Å². The predicted octanol–water partition coefficient (Wildman–Crippen LogP) is 1.79. The van der Waals surface area contributed by atoms with Crippen molar-refractivity contribution in [3.63, 3.8) is 0 Å². The van der Waals surface area contributed by atoms with Gasteiger partial charge in [-0.25, -0.2) is 4.39 Å². The number of halogens is 1. The molecule has 1 aromatic heterocycles. The quantitative estimate of drug-likeness (QED) is 0.579. The average Bonchev–Trinajstić information content (AvgIpc) is 2.49. The number of benzene rings is 1. The van der Waals surface area contributed by atoms with E-state index in [4.69, 9.17) is 5.84 Å². The summed E-state index contributed by atoms with van der Waals surface area (Å²) in [7, 11) is 0. The van der Waals surface area contributed by atoms with Gasteiger partial charge in [0.1, 0.15) is 11.5 Å². The minimum atomic E-state index is -0.271. The van der Waals surface area contributed by atoms with E-state index in [1.54, 1.807) is 18.2 Å². The molecule has 0 aliphatic heterocycles. The number of aryl methyl sites for hydroxylation is 1. The zero-order valence-corrected chi connectivity index (χ0v) is 11.7. The zero-order chi connectivity index (χ0) is 15.2. The molecule has 21 heavy (non-hydrogen) atoms. The molecule has 5 nitrogen and oxygen atoms in total. The van der Waals surface area contributed by atoms with Crippen LogP contribution in [-0.2, 0) is 6.42 Å². The summed E-state index contributed by atoms with van der Waals surface area (Å²) in [5.41, 5.74) is 5.24. The van der Waals surface area contributed by atoms with Gasteiger partial charge in [0, 0.05) is 12.7 Å². The lowest BCUT2D eigenvalue weighted by atomic mass is 10.1. The number of aromatic nitrogens is 1. The first-order valence-corrected chi connectivity index (χ1v) is 6.56. The van der Waals surface area contributed by atoms with Crippen LogP contribution in [0.15, 0.2) is 36.5 Å². The van der Waals surface area contributed by atoms with E-state index >= 15 is 0 Å². The van der Waals surface area contributed by atoms with Gasteiger partial charge >= 0.3 is 0 Å². The number of rotatable bonds is 5. The Hall–Kier alpha value is -2.47. The van der Waals surface area contributed by atoms with Gasteiger partial charge in [-0.1, -0.05) is 6.07 Å². The van der Waals surface area contributed by atoms with Crippen LogP contribution in [0.1, 0.15) is 21.6 Å². The Kier molecular flexibility index (Phi) is 4.84. The second kappa shape index (κ2) is 6.81. The Bertz CT molecular complexity index is 645. The molecule has 110 valence electrons. The SMILES string of the molecule is Cc1cc(F)ccc1CCNC(=O)c1cc(NN)ccn1. The van der Waals surface area contributed by atoms with Crippen molar-refractivity contribution in [3.8, 4) is 0 Å². The van der Waals surface area contributed by atoms with Crippen LogP contribution >= 0.6 is 0 Å². The van der Waals surface area contributed by atoms with Crippen molar-refractivity contribution in [1.29, 1.82) is 0 Å². The largest absolute Gasteiger partial charge is 0.350 e. The summed E-state index contributed by atoms with van der Waals surface area (Å²) in [5, 5.41) is 2.78. The second-order valence-electron chi connectivity index (χ2n) is 4.65. The summed E-state index contributed by atoms with van der Waals surface area (Å²) in [5.74, 6) is 4.76. The monoisotopic (exact) mass is 288 g/mol. The van der Waals surface area contributed by atoms with Gasteiger partial charge in [0.05, 0.1) is 5.69 Å². The van der Waals surface area contributed by atoms with Crippen LogP contribution in [0, 0.1) is 12.7 Å². The van der Waals surface area contributed by atoms with Crippen LogP contribution < -0.4 is 16.6 Å². The van der Waals surface area contributed by atoms with Crippen molar-refractivity contribution in [1.82, 2.24) is 10.3 Å². The number of nitrogens with one attached hydrogen (secondary N) is 2. The van der Waals surface area contributed by atoms with Crippen LogP contribution in [0.4, 0.5) is 10.1 Å². The molecule has 0 radical (unpaired) electrons. The number of nitrogens with two attached hydrogens (primary N) is 1. The Morgan fingerprint density at radius 2 is 2.14 bits per heavy atom. The Balaban J connectivity index is 1.92. The van der Waals surface area contributed by atoms with Gasteiger partial charge < -0.3 is 10.7 Å². The highest BCUT2D eigenvalue weighted by atomic mass is 19.1. The maximum atomic E-state index is 13.0. The third-order valence-corrected chi connectivity index (χ3v) is 3.14. The van der Waals surface area contributed by atoms with Crippen LogP contribution in [0.25, 0.3) is 0 Å². The number of hydrogen-bond acceptors (Lipinski definition) is 4. The summed E-state index contributed by atoms with van der Waals surface area (Å²) < 4.78 is 13.0. The van der Waals surface area contributed by atoms with Crippen molar-refractivity contribution in [2.45, 2.75) is 13.3 Å². The highest BCUT2D eigenvalue weighted by molar-refractivity contribution is 5.93. The van der Waals surface area contributed by atoms with E-state index < -0.39 is 0 Å². The number of carbonyl (C=O) groups is 1. The molecule has 0 saturated carbocycles. The second-order valence-corrected chi connectivity index (χ2v) is 4.65. The molecule has 1 heterocycles. The van der Waals surface area contributed by atoms with Crippen molar-refractivity contribution in [2.75, 3.05) is 12.0 Å². The third-order valence-electron chi connectivity index (χ3n) is 3.14. The normalized spacial score (nSPS) is 10.2. The van der Waals surface area contributed by atoms with Gasteiger partial charge in [0.15, 0.2) is 0 Å². The Morgan fingerprint density at radius 1 is 1.33 bits per heavy atom. The van der Waals surface area contributed by atoms with E-state index in [1.165, 1.54) is 18.3 Å². The minimum absolute atomic E-state index is 0.254. The molecule has 0 aliphatic rings. The third kappa shape index (κ3) is 4.00. The van der Waals surface area contributed by atoms with Crippen LogP contribution in [0.5, 0.6) is 0 Å². The maximum Gasteiger partial charge on any atom is 0.269 e. The standard InChI is InChI=1S/C15H17FN4O/c1-10-8-12(16)3-2-11(10)4-6-19-15(21)14-9-13(20-17)5-7-18-14/h2-3,5,7-9H,4,6,17H2,1H3,(H,18,20)(H,19,21).